The zero-order valence-corrected chi connectivity index (χ0v) is 15.4. The van der Waals surface area contributed by atoms with Crippen molar-refractivity contribution in [1.82, 2.24) is 14.8 Å². The maximum absolute atomic E-state index is 12.3. The number of likely N-dealkylation sites (tertiary alicyclic amines) is 1. The van der Waals surface area contributed by atoms with Gasteiger partial charge in [-0.05, 0) is 43.2 Å². The molecule has 2 aliphatic rings. The second-order valence-electron chi connectivity index (χ2n) is 6.85. The van der Waals surface area contributed by atoms with Gasteiger partial charge >= 0.3 is 6.03 Å². The van der Waals surface area contributed by atoms with Crippen molar-refractivity contribution in [2.24, 2.45) is 5.41 Å². The van der Waals surface area contributed by atoms with Crippen LogP contribution in [-0.4, -0.2) is 47.0 Å². The fourth-order valence-electron chi connectivity index (χ4n) is 3.83. The topological polar surface area (TPSA) is 48.5 Å². The molecule has 2 amide bonds. The van der Waals surface area contributed by atoms with E-state index in [1.54, 1.807) is 22.7 Å². The Bertz CT molecular complexity index is 678. The van der Waals surface area contributed by atoms with Gasteiger partial charge in [-0.15, -0.1) is 11.3 Å². The second kappa shape index (κ2) is 6.46. The Morgan fingerprint density at radius 2 is 2.29 bits per heavy atom. The third kappa shape index (κ3) is 3.20. The molecule has 7 heteroatoms. The van der Waals surface area contributed by atoms with E-state index < -0.39 is 0 Å². The van der Waals surface area contributed by atoms with Crippen LogP contribution in [0.4, 0.5) is 10.5 Å². The van der Waals surface area contributed by atoms with Gasteiger partial charge in [0.2, 0.25) is 0 Å². The predicted molar refractivity (Wildman–Crippen MR) is 98.6 cm³/mol. The molecular formula is C17H22N4OS2. The Hall–Kier alpha value is -1.44. The lowest BCUT2D eigenvalue weighted by Crippen LogP contribution is -2.43. The number of nitrogens with one attached hydrogen (secondary N) is 1. The highest BCUT2D eigenvalue weighted by Gasteiger charge is 2.56. The van der Waals surface area contributed by atoms with Crippen molar-refractivity contribution >= 4 is 34.4 Å². The molecule has 0 aromatic carbocycles. The molecule has 3 heterocycles. The molecule has 1 aliphatic carbocycles. The highest BCUT2D eigenvalue weighted by Crippen LogP contribution is 2.56. The first-order valence-corrected chi connectivity index (χ1v) is 10.2. The SMILES string of the molecule is CN(Cc1nccs1)C1CC12CCN(C(=O)Nc1ccsc1)CC2. The normalized spacial score (nSPS) is 22.1. The number of carbonyl (C=O) groups is 1. The molecule has 2 aromatic heterocycles. The van der Waals surface area contributed by atoms with Crippen LogP contribution < -0.4 is 5.32 Å². The van der Waals surface area contributed by atoms with Crippen LogP contribution in [0.5, 0.6) is 0 Å². The van der Waals surface area contributed by atoms with E-state index in [2.05, 4.69) is 22.2 Å². The van der Waals surface area contributed by atoms with Crippen LogP contribution in [0.15, 0.2) is 28.4 Å². The van der Waals surface area contributed by atoms with Crippen LogP contribution in [-0.2, 0) is 6.54 Å². The maximum Gasteiger partial charge on any atom is 0.321 e. The van der Waals surface area contributed by atoms with Crippen LogP contribution in [0.1, 0.15) is 24.3 Å². The van der Waals surface area contributed by atoms with Crippen LogP contribution in [0, 0.1) is 5.41 Å². The Labute approximate surface area is 150 Å². The van der Waals surface area contributed by atoms with E-state index in [9.17, 15) is 4.79 Å². The van der Waals surface area contributed by atoms with Crippen LogP contribution in [0.2, 0.25) is 0 Å². The van der Waals surface area contributed by atoms with Crippen molar-refractivity contribution < 1.29 is 4.79 Å². The Balaban J connectivity index is 1.28. The molecule has 0 radical (unpaired) electrons. The summed E-state index contributed by atoms with van der Waals surface area (Å²) in [6, 6.07) is 2.62. The number of aromatic nitrogens is 1. The van der Waals surface area contributed by atoms with Crippen molar-refractivity contribution in [3.63, 3.8) is 0 Å². The quantitative estimate of drug-likeness (QED) is 0.902. The Kier molecular flexibility index (Phi) is 4.32. The van der Waals surface area contributed by atoms with E-state index in [0.717, 1.165) is 38.2 Å². The van der Waals surface area contributed by atoms with Crippen molar-refractivity contribution in [2.75, 3.05) is 25.5 Å². The van der Waals surface area contributed by atoms with Gasteiger partial charge in [-0.2, -0.15) is 11.3 Å². The Morgan fingerprint density at radius 1 is 1.46 bits per heavy atom. The van der Waals surface area contributed by atoms with Gasteiger partial charge in [0.25, 0.3) is 0 Å². The average molecular weight is 363 g/mol. The van der Waals surface area contributed by atoms with Crippen molar-refractivity contribution in [1.29, 1.82) is 0 Å². The molecule has 128 valence electrons. The number of nitrogens with zero attached hydrogens (tertiary/aromatic N) is 3. The van der Waals surface area contributed by atoms with Gasteiger partial charge in [0.05, 0.1) is 12.2 Å². The predicted octanol–water partition coefficient (Wildman–Crippen LogP) is 3.72. The van der Waals surface area contributed by atoms with E-state index in [1.807, 2.05) is 33.3 Å². The smallest absolute Gasteiger partial charge is 0.321 e. The summed E-state index contributed by atoms with van der Waals surface area (Å²) in [6.45, 7) is 2.65. The van der Waals surface area contributed by atoms with Gasteiger partial charge in [0.15, 0.2) is 0 Å². The molecule has 0 bridgehead atoms. The van der Waals surface area contributed by atoms with Crippen LogP contribution in [0.3, 0.4) is 0 Å². The number of thiophene rings is 1. The largest absolute Gasteiger partial charge is 0.324 e. The van der Waals surface area contributed by atoms with Crippen LogP contribution >= 0.6 is 22.7 Å². The van der Waals surface area contributed by atoms with Gasteiger partial charge in [0.1, 0.15) is 5.01 Å². The molecule has 1 aliphatic heterocycles. The Morgan fingerprint density at radius 3 is 2.96 bits per heavy atom. The van der Waals surface area contributed by atoms with Crippen molar-refractivity contribution in [2.45, 2.75) is 31.8 Å². The van der Waals surface area contributed by atoms with E-state index >= 15 is 0 Å². The van der Waals surface area contributed by atoms with E-state index in [1.165, 1.54) is 11.4 Å². The molecule has 1 atom stereocenters. The first kappa shape index (κ1) is 16.1. The highest BCUT2D eigenvalue weighted by molar-refractivity contribution is 7.09. The standard InChI is InChI=1S/C17H22N4OS2/c1-20(11-15-18-5-9-24-15)14-10-17(14)3-6-21(7-4-17)16(22)19-13-2-8-23-12-13/h2,5,8-9,12,14H,3-4,6-7,10-11H2,1H3,(H,19,22). The monoisotopic (exact) mass is 362 g/mol. The molecule has 2 fully saturated rings. The molecule has 24 heavy (non-hydrogen) atoms. The maximum atomic E-state index is 12.3. The molecule has 1 saturated heterocycles. The second-order valence-corrected chi connectivity index (χ2v) is 8.61. The van der Waals surface area contributed by atoms with Gasteiger partial charge in [0, 0.05) is 36.1 Å². The third-order valence-corrected chi connectivity index (χ3v) is 6.81. The average Bonchev–Trinajstić information content (AvgIpc) is 2.99. The highest BCUT2D eigenvalue weighted by atomic mass is 32.1. The number of hydrogen-bond acceptors (Lipinski definition) is 5. The van der Waals surface area contributed by atoms with Gasteiger partial charge in [-0.3, -0.25) is 4.90 Å². The van der Waals surface area contributed by atoms with Gasteiger partial charge in [-0.1, -0.05) is 0 Å². The number of piperidine rings is 1. The van der Waals surface area contributed by atoms with E-state index in [-0.39, 0.29) is 6.03 Å². The number of hydrogen-bond donors (Lipinski definition) is 1. The number of rotatable bonds is 4. The van der Waals surface area contributed by atoms with E-state index in [0.29, 0.717) is 11.5 Å². The zero-order chi connectivity index (χ0) is 16.6. The minimum Gasteiger partial charge on any atom is -0.324 e. The van der Waals surface area contributed by atoms with Gasteiger partial charge in [-0.25, -0.2) is 9.78 Å². The lowest BCUT2D eigenvalue weighted by Gasteiger charge is -2.34. The molecule has 1 unspecified atom stereocenters. The number of anilines is 1. The van der Waals surface area contributed by atoms with Crippen molar-refractivity contribution in [3.05, 3.63) is 33.4 Å². The number of amides is 2. The third-order valence-electron chi connectivity index (χ3n) is 5.37. The summed E-state index contributed by atoms with van der Waals surface area (Å²) in [5.74, 6) is 0. The molecule has 1 saturated carbocycles. The molecule has 4 rings (SSSR count). The summed E-state index contributed by atoms with van der Waals surface area (Å²) in [4.78, 5) is 21.1. The number of thiazole rings is 1. The zero-order valence-electron chi connectivity index (χ0n) is 13.8. The lowest BCUT2D eigenvalue weighted by molar-refractivity contribution is 0.157. The first-order chi connectivity index (χ1) is 11.7. The summed E-state index contributed by atoms with van der Waals surface area (Å²) in [5.41, 5.74) is 1.32. The summed E-state index contributed by atoms with van der Waals surface area (Å²) < 4.78 is 0. The van der Waals surface area contributed by atoms with Crippen LogP contribution in [0.25, 0.3) is 0 Å². The minimum absolute atomic E-state index is 0.0385. The molecule has 2 aromatic rings. The summed E-state index contributed by atoms with van der Waals surface area (Å²) in [7, 11) is 2.20. The number of urea groups is 1. The molecular weight excluding hydrogens is 340 g/mol. The summed E-state index contributed by atoms with van der Waals surface area (Å²) in [6.07, 6.45) is 5.35. The first-order valence-electron chi connectivity index (χ1n) is 8.33. The summed E-state index contributed by atoms with van der Waals surface area (Å²) in [5, 5.41) is 10.2. The number of carbonyl (C=O) groups excluding carboxylic acids is 1. The molecule has 1 N–H and O–H groups in total. The fraction of sp³-hybridized carbons (Fsp3) is 0.529. The van der Waals surface area contributed by atoms with E-state index in [4.69, 9.17) is 0 Å². The van der Waals surface area contributed by atoms with Crippen molar-refractivity contribution in [3.8, 4) is 0 Å². The van der Waals surface area contributed by atoms with Gasteiger partial charge < -0.3 is 10.2 Å². The molecule has 5 nitrogen and oxygen atoms in total. The lowest BCUT2D eigenvalue weighted by atomic mass is 9.92. The fourth-order valence-corrected chi connectivity index (χ4v) is 5.10. The summed E-state index contributed by atoms with van der Waals surface area (Å²) >= 11 is 3.32. The molecule has 1 spiro atoms. The minimum atomic E-state index is 0.0385.